The fourth-order valence-electron chi connectivity index (χ4n) is 1.42. The van der Waals surface area contributed by atoms with Crippen LogP contribution in [0.2, 0.25) is 0 Å². The highest BCUT2D eigenvalue weighted by molar-refractivity contribution is 7.12. The summed E-state index contributed by atoms with van der Waals surface area (Å²) in [6.07, 6.45) is 1.07. The van der Waals surface area contributed by atoms with E-state index in [1.807, 2.05) is 0 Å². The van der Waals surface area contributed by atoms with Crippen molar-refractivity contribution in [2.75, 3.05) is 13.2 Å². The number of rotatable bonds is 1. The monoisotopic (exact) mass is 205 g/mol. The van der Waals surface area contributed by atoms with Gasteiger partial charge in [-0.25, -0.2) is 0 Å². The van der Waals surface area contributed by atoms with Gasteiger partial charge >= 0.3 is 0 Å². The number of fused-ring (bicyclic) bond motifs is 1. The van der Waals surface area contributed by atoms with Crippen LogP contribution in [0.1, 0.15) is 17.9 Å². The van der Waals surface area contributed by atoms with Crippen LogP contribution >= 0.6 is 23.7 Å². The molecule has 12 heavy (non-hydrogen) atoms. The highest BCUT2D eigenvalue weighted by Gasteiger charge is 2.20. The molecule has 2 nitrogen and oxygen atoms in total. The smallest absolute Gasteiger partial charge is 0.177 e. The topological polar surface area (TPSA) is 35.2 Å². The fraction of sp³-hybridized carbons (Fsp3) is 0.500. The van der Waals surface area contributed by atoms with Gasteiger partial charge in [-0.3, -0.25) is 0 Å². The van der Waals surface area contributed by atoms with E-state index in [4.69, 9.17) is 10.5 Å². The van der Waals surface area contributed by atoms with Crippen LogP contribution in [0.3, 0.4) is 0 Å². The predicted molar refractivity (Wildman–Crippen MR) is 53.5 cm³/mol. The second-order valence-electron chi connectivity index (χ2n) is 2.73. The van der Waals surface area contributed by atoms with E-state index in [9.17, 15) is 0 Å². The van der Waals surface area contributed by atoms with Crippen molar-refractivity contribution < 1.29 is 4.74 Å². The number of thiophene rings is 1. The van der Waals surface area contributed by atoms with Crippen molar-refractivity contribution in [3.05, 3.63) is 17.0 Å². The molecule has 0 aromatic carbocycles. The Hall–Kier alpha value is -0.250. The average Bonchev–Trinajstić information content (AvgIpc) is 2.50. The molecule has 0 saturated heterocycles. The maximum Gasteiger partial charge on any atom is 0.177 e. The second-order valence-corrected chi connectivity index (χ2v) is 3.61. The summed E-state index contributed by atoms with van der Waals surface area (Å²) in [4.78, 5) is 0. The normalized spacial score (nSPS) is 20.6. The van der Waals surface area contributed by atoms with Gasteiger partial charge in [0.1, 0.15) is 0 Å². The summed E-state index contributed by atoms with van der Waals surface area (Å²) >= 11 is 1.67. The first-order valence-electron chi connectivity index (χ1n) is 3.82. The van der Waals surface area contributed by atoms with Crippen LogP contribution < -0.4 is 10.5 Å². The first-order chi connectivity index (χ1) is 5.42. The molecule has 1 atom stereocenters. The highest BCUT2D eigenvalue weighted by Crippen LogP contribution is 2.37. The average molecular weight is 206 g/mol. The van der Waals surface area contributed by atoms with Crippen molar-refractivity contribution >= 4 is 23.7 Å². The largest absolute Gasteiger partial charge is 0.484 e. The number of ether oxygens (including phenoxy) is 1. The zero-order chi connectivity index (χ0) is 7.68. The lowest BCUT2D eigenvalue weighted by molar-refractivity contribution is 0.278. The SMILES string of the molecule is Cl.NCC1CCOc2sccc21. The summed E-state index contributed by atoms with van der Waals surface area (Å²) in [5.74, 6) is 0.532. The van der Waals surface area contributed by atoms with Gasteiger partial charge in [-0.2, -0.15) is 0 Å². The molecule has 2 N–H and O–H groups in total. The number of hydrogen-bond donors (Lipinski definition) is 1. The second kappa shape index (κ2) is 4.12. The molecule has 2 heterocycles. The number of nitrogens with two attached hydrogens (primary N) is 1. The Kier molecular flexibility index (Phi) is 3.38. The van der Waals surface area contributed by atoms with Gasteiger partial charge in [-0.15, -0.1) is 23.7 Å². The lowest BCUT2D eigenvalue weighted by atomic mass is 9.97. The van der Waals surface area contributed by atoms with Gasteiger partial charge in [0.05, 0.1) is 6.61 Å². The Balaban J connectivity index is 0.000000720. The first-order valence-corrected chi connectivity index (χ1v) is 4.70. The predicted octanol–water partition coefficient (Wildman–Crippen LogP) is 1.99. The summed E-state index contributed by atoms with van der Waals surface area (Å²) < 4.78 is 5.46. The van der Waals surface area contributed by atoms with Crippen LogP contribution in [0.5, 0.6) is 5.06 Å². The van der Waals surface area contributed by atoms with Crippen molar-refractivity contribution in [2.45, 2.75) is 12.3 Å². The van der Waals surface area contributed by atoms with Gasteiger partial charge in [0.25, 0.3) is 0 Å². The molecule has 0 fully saturated rings. The zero-order valence-corrected chi connectivity index (χ0v) is 8.29. The van der Waals surface area contributed by atoms with Crippen molar-refractivity contribution in [3.63, 3.8) is 0 Å². The minimum Gasteiger partial charge on any atom is -0.484 e. The molecule has 1 aliphatic heterocycles. The first kappa shape index (κ1) is 9.84. The van der Waals surface area contributed by atoms with Gasteiger partial charge in [0.2, 0.25) is 0 Å². The molecule has 68 valence electrons. The minimum absolute atomic E-state index is 0. The number of halogens is 1. The van der Waals surface area contributed by atoms with E-state index in [0.717, 1.165) is 24.6 Å². The molecule has 1 aromatic rings. The third-order valence-corrected chi connectivity index (χ3v) is 2.92. The van der Waals surface area contributed by atoms with E-state index in [2.05, 4.69) is 11.4 Å². The standard InChI is InChI=1S/C8H11NOS.ClH/c9-5-6-1-3-10-8-7(6)2-4-11-8;/h2,4,6H,1,3,5,9H2;1H. The Bertz CT molecular complexity index is 251. The van der Waals surface area contributed by atoms with Crippen molar-refractivity contribution in [3.8, 4) is 5.06 Å². The Morgan fingerprint density at radius 2 is 2.50 bits per heavy atom. The van der Waals surface area contributed by atoms with E-state index >= 15 is 0 Å². The van der Waals surface area contributed by atoms with Crippen LogP contribution in [0.4, 0.5) is 0 Å². The molecule has 0 spiro atoms. The van der Waals surface area contributed by atoms with Crippen LogP contribution in [0, 0.1) is 0 Å². The Labute approximate surface area is 82.1 Å². The molecule has 4 heteroatoms. The molecule has 0 amide bonds. The summed E-state index contributed by atoms with van der Waals surface area (Å²) in [5, 5.41) is 3.14. The van der Waals surface area contributed by atoms with E-state index in [0.29, 0.717) is 5.92 Å². The molecule has 1 aliphatic rings. The maximum absolute atomic E-state index is 5.63. The lowest BCUT2D eigenvalue weighted by Crippen LogP contribution is -2.19. The maximum atomic E-state index is 5.63. The Morgan fingerprint density at radius 3 is 3.25 bits per heavy atom. The van der Waals surface area contributed by atoms with Gasteiger partial charge in [0, 0.05) is 11.5 Å². The van der Waals surface area contributed by atoms with Gasteiger partial charge < -0.3 is 10.5 Å². The quantitative estimate of drug-likeness (QED) is 0.761. The molecule has 0 aliphatic carbocycles. The summed E-state index contributed by atoms with van der Waals surface area (Å²) in [6, 6.07) is 2.12. The highest BCUT2D eigenvalue weighted by atomic mass is 35.5. The minimum atomic E-state index is 0. The van der Waals surface area contributed by atoms with E-state index in [1.165, 1.54) is 5.56 Å². The van der Waals surface area contributed by atoms with Gasteiger partial charge in [0.15, 0.2) is 5.06 Å². The summed E-state index contributed by atoms with van der Waals surface area (Å²) in [6.45, 7) is 1.57. The molecule has 1 unspecified atom stereocenters. The molecule has 2 rings (SSSR count). The third-order valence-electron chi connectivity index (χ3n) is 2.08. The molecular formula is C8H12ClNOS. The van der Waals surface area contributed by atoms with E-state index in [1.54, 1.807) is 11.3 Å². The van der Waals surface area contributed by atoms with Crippen LogP contribution in [-0.2, 0) is 0 Å². The number of hydrogen-bond acceptors (Lipinski definition) is 3. The third kappa shape index (κ3) is 1.58. The molecule has 0 radical (unpaired) electrons. The Morgan fingerprint density at radius 1 is 1.67 bits per heavy atom. The van der Waals surface area contributed by atoms with Crippen molar-refractivity contribution in [2.24, 2.45) is 5.73 Å². The van der Waals surface area contributed by atoms with E-state index in [-0.39, 0.29) is 12.4 Å². The summed E-state index contributed by atoms with van der Waals surface area (Å²) in [7, 11) is 0. The van der Waals surface area contributed by atoms with Gasteiger partial charge in [-0.05, 0) is 24.4 Å². The van der Waals surface area contributed by atoms with Crippen LogP contribution in [0.15, 0.2) is 11.4 Å². The summed E-state index contributed by atoms with van der Waals surface area (Å²) in [5.41, 5.74) is 6.94. The van der Waals surface area contributed by atoms with Gasteiger partial charge in [-0.1, -0.05) is 0 Å². The van der Waals surface area contributed by atoms with Crippen molar-refractivity contribution in [1.29, 1.82) is 0 Å². The van der Waals surface area contributed by atoms with Crippen molar-refractivity contribution in [1.82, 2.24) is 0 Å². The molecule has 0 bridgehead atoms. The fourth-order valence-corrected chi connectivity index (χ4v) is 2.28. The van der Waals surface area contributed by atoms with Crippen LogP contribution in [-0.4, -0.2) is 13.2 Å². The lowest BCUT2D eigenvalue weighted by Gasteiger charge is -2.21. The molecular weight excluding hydrogens is 194 g/mol. The van der Waals surface area contributed by atoms with E-state index < -0.39 is 0 Å². The molecule has 1 aromatic heterocycles. The van der Waals surface area contributed by atoms with Crippen LogP contribution in [0.25, 0.3) is 0 Å². The zero-order valence-electron chi connectivity index (χ0n) is 6.66. The molecule has 0 saturated carbocycles.